The van der Waals surface area contributed by atoms with Crippen LogP contribution >= 0.6 is 7.60 Å². The third-order valence-corrected chi connectivity index (χ3v) is 7.68. The lowest BCUT2D eigenvalue weighted by atomic mass is 10.0. The Balaban J connectivity index is 1.70. The van der Waals surface area contributed by atoms with Gasteiger partial charge in [-0.2, -0.15) is 0 Å². The van der Waals surface area contributed by atoms with Crippen molar-refractivity contribution >= 4 is 30.9 Å². The van der Waals surface area contributed by atoms with Gasteiger partial charge in [0.2, 0.25) is 0 Å². The Morgan fingerprint density at radius 1 is 1.08 bits per heavy atom. The van der Waals surface area contributed by atoms with E-state index in [9.17, 15) is 27.7 Å². The molecule has 2 amide bonds. The molecule has 0 fully saturated rings. The molecule has 0 aliphatic carbocycles. The maximum atomic E-state index is 13.5. The molecule has 3 aromatic rings. The molecule has 3 rings (SSSR count). The maximum absolute atomic E-state index is 13.5. The van der Waals surface area contributed by atoms with Gasteiger partial charge in [0.05, 0.1) is 31.5 Å². The van der Waals surface area contributed by atoms with E-state index < -0.39 is 36.8 Å². The molecule has 0 aliphatic rings. The maximum Gasteiger partial charge on any atom is 0.351 e. The first-order valence-corrected chi connectivity index (χ1v) is 13.7. The summed E-state index contributed by atoms with van der Waals surface area (Å²) in [5.74, 6) is -4.68. The number of hydrogen-bond acceptors (Lipinski definition) is 8. The second-order valence-electron chi connectivity index (χ2n) is 8.43. The van der Waals surface area contributed by atoms with Crippen LogP contribution in [0.25, 0.3) is 0 Å². The van der Waals surface area contributed by atoms with E-state index in [1.165, 1.54) is 28.4 Å². The van der Waals surface area contributed by atoms with Gasteiger partial charge in [-0.15, -0.1) is 5.10 Å². The normalized spacial score (nSPS) is 11.5. The molecule has 0 aliphatic heterocycles. The number of carbonyl (C=O) groups is 3. The molecule has 0 bridgehead atoms. The van der Waals surface area contributed by atoms with Crippen molar-refractivity contribution < 1.29 is 36.8 Å². The van der Waals surface area contributed by atoms with Crippen LogP contribution in [0.2, 0.25) is 0 Å². The first-order chi connectivity index (χ1) is 18.4. The van der Waals surface area contributed by atoms with Crippen molar-refractivity contribution in [3.63, 3.8) is 0 Å². The van der Waals surface area contributed by atoms with Crippen LogP contribution in [0.3, 0.4) is 0 Å². The standard InChI is InChI=1S/C24H29F2N6O6P/c1-6-37-39(36,38-7-2)13-32-12-17(29-30-32)11-27-24(35)22(33)20-14(3)21(31(5)15(20)4)23(34)28-16-8-9-18(25)19(26)10-16/h8-10,12H,6-7,11,13H2,1-5H3,(H,27,35)(H,28,34). The summed E-state index contributed by atoms with van der Waals surface area (Å²) < 4.78 is 52.5. The molecule has 0 saturated carbocycles. The Morgan fingerprint density at radius 3 is 2.36 bits per heavy atom. The molecule has 0 spiro atoms. The summed E-state index contributed by atoms with van der Waals surface area (Å²) in [7, 11) is -1.88. The third kappa shape index (κ3) is 6.83. The number of hydrogen-bond donors (Lipinski definition) is 2. The van der Waals surface area contributed by atoms with Gasteiger partial charge in [-0.3, -0.25) is 18.9 Å². The average molecular weight is 567 g/mol. The molecule has 15 heteroatoms. The van der Waals surface area contributed by atoms with Crippen molar-refractivity contribution in [3.8, 4) is 0 Å². The summed E-state index contributed by atoms with van der Waals surface area (Å²) in [6.07, 6.45) is 1.27. The van der Waals surface area contributed by atoms with Crippen molar-refractivity contribution in [2.24, 2.45) is 7.05 Å². The Bertz CT molecular complexity index is 1440. The number of aromatic nitrogens is 4. The van der Waals surface area contributed by atoms with Gasteiger partial charge in [-0.05, 0) is 45.4 Å². The monoisotopic (exact) mass is 566 g/mol. The first-order valence-electron chi connectivity index (χ1n) is 11.9. The van der Waals surface area contributed by atoms with Crippen LogP contribution in [0.1, 0.15) is 51.6 Å². The minimum Gasteiger partial charge on any atom is -0.343 e. The summed E-state index contributed by atoms with van der Waals surface area (Å²) in [4.78, 5) is 38.6. The molecule has 39 heavy (non-hydrogen) atoms. The fourth-order valence-electron chi connectivity index (χ4n) is 3.94. The highest BCUT2D eigenvalue weighted by molar-refractivity contribution is 7.52. The number of rotatable bonds is 12. The van der Waals surface area contributed by atoms with Gasteiger partial charge < -0.3 is 24.2 Å². The SMILES string of the molecule is CCOP(=O)(Cn1cc(CNC(=O)C(=O)c2c(C)c(C(=O)Nc3ccc(F)c(F)c3)n(C)c2C)nn1)OCC. The van der Waals surface area contributed by atoms with E-state index in [1.807, 2.05) is 0 Å². The highest BCUT2D eigenvalue weighted by atomic mass is 31.2. The highest BCUT2D eigenvalue weighted by Gasteiger charge is 2.29. The van der Waals surface area contributed by atoms with E-state index in [0.29, 0.717) is 11.4 Å². The molecule has 2 heterocycles. The fourth-order valence-corrected chi connectivity index (χ4v) is 5.46. The Hall–Kier alpha value is -3.74. The van der Waals surface area contributed by atoms with Crippen molar-refractivity contribution in [1.82, 2.24) is 24.9 Å². The molecule has 2 N–H and O–H groups in total. The number of ketones is 1. The van der Waals surface area contributed by atoms with Crippen LogP contribution in [-0.2, 0) is 38.3 Å². The Kier molecular flexibility index (Phi) is 9.49. The van der Waals surface area contributed by atoms with Crippen LogP contribution in [-0.4, -0.2) is 50.4 Å². The molecule has 210 valence electrons. The van der Waals surface area contributed by atoms with Gasteiger partial charge >= 0.3 is 7.60 Å². The van der Waals surface area contributed by atoms with Gasteiger partial charge in [-0.25, -0.2) is 13.5 Å². The number of halogens is 2. The zero-order valence-electron chi connectivity index (χ0n) is 22.1. The van der Waals surface area contributed by atoms with Crippen molar-refractivity contribution in [2.75, 3.05) is 18.5 Å². The summed E-state index contributed by atoms with van der Waals surface area (Å²) in [6.45, 7) is 6.67. The predicted octanol–water partition coefficient (Wildman–Crippen LogP) is 3.49. The van der Waals surface area contributed by atoms with E-state index >= 15 is 0 Å². The summed E-state index contributed by atoms with van der Waals surface area (Å²) in [5, 5.41) is 12.7. The molecule has 1 aromatic carbocycles. The molecular formula is C24H29F2N6O6P. The van der Waals surface area contributed by atoms with E-state index in [4.69, 9.17) is 9.05 Å². The molecular weight excluding hydrogens is 537 g/mol. The highest BCUT2D eigenvalue weighted by Crippen LogP contribution is 2.49. The van der Waals surface area contributed by atoms with E-state index in [1.54, 1.807) is 27.8 Å². The van der Waals surface area contributed by atoms with E-state index in [0.717, 1.165) is 12.1 Å². The molecule has 12 nitrogen and oxygen atoms in total. The molecule has 0 unspecified atom stereocenters. The lowest BCUT2D eigenvalue weighted by Crippen LogP contribution is -2.31. The quantitative estimate of drug-likeness (QED) is 0.193. The van der Waals surface area contributed by atoms with Crippen LogP contribution in [0, 0.1) is 25.5 Å². The second-order valence-corrected chi connectivity index (χ2v) is 10.4. The lowest BCUT2D eigenvalue weighted by molar-refractivity contribution is -0.117. The Morgan fingerprint density at radius 2 is 1.74 bits per heavy atom. The van der Waals surface area contributed by atoms with Gasteiger partial charge in [0, 0.05) is 24.5 Å². The summed E-state index contributed by atoms with van der Waals surface area (Å²) >= 11 is 0. The molecule has 0 saturated heterocycles. The van der Waals surface area contributed by atoms with Crippen LogP contribution < -0.4 is 10.6 Å². The molecule has 2 aromatic heterocycles. The lowest BCUT2D eigenvalue weighted by Gasteiger charge is -2.16. The largest absolute Gasteiger partial charge is 0.351 e. The zero-order chi connectivity index (χ0) is 28.9. The zero-order valence-corrected chi connectivity index (χ0v) is 23.0. The topological polar surface area (TPSA) is 146 Å². The second kappa shape index (κ2) is 12.4. The molecule has 0 atom stereocenters. The van der Waals surface area contributed by atoms with Crippen molar-refractivity contribution in [2.45, 2.75) is 40.5 Å². The van der Waals surface area contributed by atoms with Crippen LogP contribution in [0.15, 0.2) is 24.4 Å². The summed E-state index contributed by atoms with van der Waals surface area (Å²) in [6, 6.07) is 2.91. The number of benzene rings is 1. The van der Waals surface area contributed by atoms with Gasteiger partial charge in [0.15, 0.2) is 11.6 Å². The van der Waals surface area contributed by atoms with Crippen molar-refractivity contribution in [1.29, 1.82) is 0 Å². The van der Waals surface area contributed by atoms with Gasteiger partial charge in [0.1, 0.15) is 17.7 Å². The van der Waals surface area contributed by atoms with Gasteiger partial charge in [-0.1, -0.05) is 5.21 Å². The van der Waals surface area contributed by atoms with Crippen LogP contribution in [0.5, 0.6) is 0 Å². The Labute approximate surface area is 223 Å². The third-order valence-electron chi connectivity index (χ3n) is 5.74. The fraction of sp³-hybridized carbons (Fsp3) is 0.375. The number of carbonyl (C=O) groups excluding carboxylic acids is 3. The number of amides is 2. The minimum atomic E-state index is -3.42. The number of nitrogens with one attached hydrogen (secondary N) is 2. The van der Waals surface area contributed by atoms with Gasteiger partial charge in [0.25, 0.3) is 17.6 Å². The van der Waals surface area contributed by atoms with E-state index in [-0.39, 0.29) is 48.6 Å². The van der Waals surface area contributed by atoms with Crippen molar-refractivity contribution in [3.05, 3.63) is 64.2 Å². The summed E-state index contributed by atoms with van der Waals surface area (Å²) in [5.41, 5.74) is 1.02. The number of anilines is 1. The number of Topliss-reactive ketones (excluding diaryl/α,β-unsaturated/α-hetero) is 1. The average Bonchev–Trinajstić information content (AvgIpc) is 3.40. The van der Waals surface area contributed by atoms with Crippen LogP contribution in [0.4, 0.5) is 14.5 Å². The number of nitrogens with zero attached hydrogens (tertiary/aromatic N) is 4. The predicted molar refractivity (Wildman–Crippen MR) is 136 cm³/mol. The smallest absolute Gasteiger partial charge is 0.343 e. The molecule has 0 radical (unpaired) electrons. The van der Waals surface area contributed by atoms with E-state index in [2.05, 4.69) is 20.9 Å². The first kappa shape index (κ1) is 29.8. The minimum absolute atomic E-state index is 0.0229.